The Balaban J connectivity index is 1.43. The minimum Gasteiger partial charge on any atom is -0.393 e. The van der Waals surface area contributed by atoms with Gasteiger partial charge in [0.1, 0.15) is 0 Å². The molecule has 0 saturated carbocycles. The smallest absolute Gasteiger partial charge is 0.0564 e. The Morgan fingerprint density at radius 3 is 2.32 bits per heavy atom. The molecule has 2 atom stereocenters. The molecule has 0 aliphatic carbocycles. The van der Waals surface area contributed by atoms with E-state index in [1.54, 1.807) is 0 Å². The molecule has 2 aromatic carbocycles. The van der Waals surface area contributed by atoms with E-state index in [1.165, 1.54) is 16.7 Å². The van der Waals surface area contributed by atoms with Crippen molar-refractivity contribution >= 4 is 0 Å². The maximum absolute atomic E-state index is 9.69. The molecule has 0 bridgehead atoms. The second kappa shape index (κ2) is 7.67. The normalized spacial score (nSPS) is 25.3. The summed E-state index contributed by atoms with van der Waals surface area (Å²) in [6.07, 6.45) is 1.71. The Labute approximate surface area is 149 Å². The molecule has 0 amide bonds. The Hall–Kier alpha value is -1.72. The fourth-order valence-corrected chi connectivity index (χ4v) is 4.01. The summed E-state index contributed by atoms with van der Waals surface area (Å²) < 4.78 is 0. The number of nitrogens with one attached hydrogen (secondary N) is 2. The van der Waals surface area contributed by atoms with Crippen LogP contribution in [0.1, 0.15) is 24.4 Å². The molecule has 2 saturated heterocycles. The highest BCUT2D eigenvalue weighted by molar-refractivity contribution is 5.63. The van der Waals surface area contributed by atoms with Gasteiger partial charge in [0.05, 0.1) is 12.1 Å². The fourth-order valence-electron chi connectivity index (χ4n) is 4.01. The molecule has 2 fully saturated rings. The lowest BCUT2D eigenvalue weighted by Crippen LogP contribution is -2.40. The summed E-state index contributed by atoms with van der Waals surface area (Å²) >= 11 is 0. The number of aliphatic hydroxyl groups excluding tert-OH is 1. The predicted octanol–water partition coefficient (Wildman–Crippen LogP) is 2.58. The summed E-state index contributed by atoms with van der Waals surface area (Å²) in [6, 6.07) is 19.8. The molecule has 4 heteroatoms. The van der Waals surface area contributed by atoms with E-state index >= 15 is 0 Å². The van der Waals surface area contributed by atoms with Crippen molar-refractivity contribution in [3.05, 3.63) is 60.2 Å². The first-order chi connectivity index (χ1) is 12.3. The van der Waals surface area contributed by atoms with Gasteiger partial charge < -0.3 is 10.0 Å². The quantitative estimate of drug-likeness (QED) is 0.803. The molecular weight excluding hydrogens is 310 g/mol. The van der Waals surface area contributed by atoms with Crippen LogP contribution in [-0.2, 0) is 0 Å². The Morgan fingerprint density at radius 2 is 1.60 bits per heavy atom. The first-order valence-electron chi connectivity index (χ1n) is 9.34. The molecule has 2 heterocycles. The molecule has 132 valence electrons. The Morgan fingerprint density at radius 1 is 0.920 bits per heavy atom. The first kappa shape index (κ1) is 16.7. The van der Waals surface area contributed by atoms with Gasteiger partial charge in [0.25, 0.3) is 0 Å². The summed E-state index contributed by atoms with van der Waals surface area (Å²) in [7, 11) is 0. The van der Waals surface area contributed by atoms with Crippen LogP contribution in [0.25, 0.3) is 11.1 Å². The van der Waals surface area contributed by atoms with E-state index in [2.05, 4.69) is 70.3 Å². The largest absolute Gasteiger partial charge is 0.393 e. The number of piperidine rings is 1. The number of hydrogen-bond donors (Lipinski definition) is 3. The standard InChI is InChI=1S/C21H27N3O/c25-20-10-12-24(13-11-20)15-19-14-22-23-21(19)18-8-6-17(7-9-18)16-4-2-1-3-5-16/h1-9,19-23,25H,10-15H2. The summed E-state index contributed by atoms with van der Waals surface area (Å²) in [5.41, 5.74) is 10.7. The molecule has 2 aliphatic rings. The van der Waals surface area contributed by atoms with Gasteiger partial charge in [-0.1, -0.05) is 54.6 Å². The Kier molecular flexibility index (Phi) is 5.13. The summed E-state index contributed by atoms with van der Waals surface area (Å²) in [4.78, 5) is 2.50. The van der Waals surface area contributed by atoms with Crippen molar-refractivity contribution in [3.8, 4) is 11.1 Å². The molecule has 0 aromatic heterocycles. The van der Waals surface area contributed by atoms with Crippen LogP contribution in [0.5, 0.6) is 0 Å². The van der Waals surface area contributed by atoms with Crippen LogP contribution in [-0.4, -0.2) is 42.3 Å². The van der Waals surface area contributed by atoms with Crippen molar-refractivity contribution in [2.75, 3.05) is 26.2 Å². The van der Waals surface area contributed by atoms with Gasteiger partial charge in [-0.2, -0.15) is 0 Å². The number of benzene rings is 2. The van der Waals surface area contributed by atoms with Gasteiger partial charge in [0.2, 0.25) is 0 Å². The zero-order valence-electron chi connectivity index (χ0n) is 14.6. The van der Waals surface area contributed by atoms with Gasteiger partial charge in [-0.25, -0.2) is 5.43 Å². The average Bonchev–Trinajstić information content (AvgIpc) is 3.13. The van der Waals surface area contributed by atoms with Crippen molar-refractivity contribution in [2.45, 2.75) is 25.0 Å². The minimum absolute atomic E-state index is 0.0996. The van der Waals surface area contributed by atoms with Crippen molar-refractivity contribution in [3.63, 3.8) is 0 Å². The van der Waals surface area contributed by atoms with Gasteiger partial charge in [-0.15, -0.1) is 0 Å². The van der Waals surface area contributed by atoms with Crippen LogP contribution in [0.2, 0.25) is 0 Å². The van der Waals surface area contributed by atoms with Crippen LogP contribution in [0, 0.1) is 5.92 Å². The number of hydrazine groups is 1. The SMILES string of the molecule is OC1CCN(CC2CNNC2c2ccc(-c3ccccc3)cc2)CC1. The average molecular weight is 337 g/mol. The molecule has 0 radical (unpaired) electrons. The maximum Gasteiger partial charge on any atom is 0.0564 e. The highest BCUT2D eigenvalue weighted by Crippen LogP contribution is 2.28. The van der Waals surface area contributed by atoms with E-state index < -0.39 is 0 Å². The number of nitrogens with zero attached hydrogens (tertiary/aromatic N) is 1. The third-order valence-electron chi connectivity index (χ3n) is 5.52. The highest BCUT2D eigenvalue weighted by atomic mass is 16.3. The van der Waals surface area contributed by atoms with Crippen LogP contribution in [0.3, 0.4) is 0 Å². The molecule has 3 N–H and O–H groups in total. The molecule has 2 unspecified atom stereocenters. The van der Waals surface area contributed by atoms with Crippen molar-refractivity contribution < 1.29 is 5.11 Å². The van der Waals surface area contributed by atoms with Gasteiger partial charge in [0, 0.05) is 32.1 Å². The highest BCUT2D eigenvalue weighted by Gasteiger charge is 2.30. The number of rotatable bonds is 4. The molecule has 2 aliphatic heterocycles. The lowest BCUT2D eigenvalue weighted by atomic mass is 9.92. The van der Waals surface area contributed by atoms with E-state index in [9.17, 15) is 5.11 Å². The van der Waals surface area contributed by atoms with Crippen molar-refractivity contribution in [1.82, 2.24) is 15.8 Å². The van der Waals surface area contributed by atoms with E-state index in [0.717, 1.165) is 39.0 Å². The molecule has 4 nitrogen and oxygen atoms in total. The van der Waals surface area contributed by atoms with Crippen LogP contribution >= 0.6 is 0 Å². The van der Waals surface area contributed by atoms with E-state index in [4.69, 9.17) is 0 Å². The third kappa shape index (κ3) is 3.93. The van der Waals surface area contributed by atoms with Crippen molar-refractivity contribution in [1.29, 1.82) is 0 Å². The van der Waals surface area contributed by atoms with Crippen LogP contribution in [0.15, 0.2) is 54.6 Å². The van der Waals surface area contributed by atoms with E-state index in [1.807, 2.05) is 0 Å². The minimum atomic E-state index is -0.0996. The maximum atomic E-state index is 9.69. The van der Waals surface area contributed by atoms with Gasteiger partial charge in [-0.05, 0) is 29.5 Å². The van der Waals surface area contributed by atoms with E-state index in [0.29, 0.717) is 12.0 Å². The zero-order valence-corrected chi connectivity index (χ0v) is 14.6. The van der Waals surface area contributed by atoms with Crippen molar-refractivity contribution in [2.24, 2.45) is 5.92 Å². The molecule has 2 aromatic rings. The number of aliphatic hydroxyl groups is 1. The fraction of sp³-hybridized carbons (Fsp3) is 0.429. The number of hydrogen-bond acceptors (Lipinski definition) is 4. The first-order valence-corrected chi connectivity index (χ1v) is 9.34. The predicted molar refractivity (Wildman–Crippen MR) is 101 cm³/mol. The second-order valence-electron chi connectivity index (χ2n) is 7.28. The molecular formula is C21H27N3O. The summed E-state index contributed by atoms with van der Waals surface area (Å²) in [5, 5.41) is 9.69. The van der Waals surface area contributed by atoms with Crippen LogP contribution < -0.4 is 10.9 Å². The second-order valence-corrected chi connectivity index (χ2v) is 7.28. The summed E-state index contributed by atoms with van der Waals surface area (Å²) in [5.74, 6) is 0.554. The lowest BCUT2D eigenvalue weighted by Gasteiger charge is -2.32. The van der Waals surface area contributed by atoms with Crippen LogP contribution in [0.4, 0.5) is 0 Å². The van der Waals surface area contributed by atoms with Gasteiger partial charge in [0.15, 0.2) is 0 Å². The third-order valence-corrected chi connectivity index (χ3v) is 5.52. The monoisotopic (exact) mass is 337 g/mol. The zero-order chi connectivity index (χ0) is 17.1. The molecule has 4 rings (SSSR count). The topological polar surface area (TPSA) is 47.5 Å². The Bertz CT molecular complexity index is 665. The summed E-state index contributed by atoms with van der Waals surface area (Å²) in [6.45, 7) is 4.09. The van der Waals surface area contributed by atoms with Gasteiger partial charge >= 0.3 is 0 Å². The van der Waals surface area contributed by atoms with Gasteiger partial charge in [-0.3, -0.25) is 5.43 Å². The van der Waals surface area contributed by atoms with E-state index in [-0.39, 0.29) is 6.10 Å². The molecule has 0 spiro atoms. The number of likely N-dealkylation sites (tertiary alicyclic amines) is 1. The molecule has 25 heavy (non-hydrogen) atoms. The lowest BCUT2D eigenvalue weighted by molar-refractivity contribution is 0.0745.